The van der Waals surface area contributed by atoms with E-state index < -0.39 is 0 Å². The van der Waals surface area contributed by atoms with Crippen LogP contribution in [0.1, 0.15) is 18.5 Å². The molecule has 3 rings (SSSR count). The molecule has 3 N–H and O–H groups in total. The van der Waals surface area contributed by atoms with Crippen molar-refractivity contribution in [1.29, 1.82) is 0 Å². The molecular formula is C17H20FN3. The minimum Gasteiger partial charge on any atom is -0.326 e. The quantitative estimate of drug-likeness (QED) is 0.911. The van der Waals surface area contributed by atoms with Crippen molar-refractivity contribution in [3.8, 4) is 11.3 Å². The molecule has 21 heavy (non-hydrogen) atoms. The van der Waals surface area contributed by atoms with Crippen molar-refractivity contribution >= 4 is 0 Å². The molecule has 0 saturated carbocycles. The number of piperidine rings is 1. The molecule has 1 aromatic heterocycles. The second-order valence-electron chi connectivity index (χ2n) is 5.60. The van der Waals surface area contributed by atoms with E-state index in [0.717, 1.165) is 42.8 Å². The summed E-state index contributed by atoms with van der Waals surface area (Å²) in [4.78, 5) is 4.65. The lowest BCUT2D eigenvalue weighted by atomic mass is 9.95. The smallest absolute Gasteiger partial charge is 0.123 e. The Morgan fingerprint density at radius 2 is 2.10 bits per heavy atom. The highest BCUT2D eigenvalue weighted by Crippen LogP contribution is 2.19. The molecular weight excluding hydrogens is 265 g/mol. The van der Waals surface area contributed by atoms with Crippen molar-refractivity contribution < 1.29 is 4.39 Å². The number of benzene rings is 1. The minimum atomic E-state index is -0.240. The first-order valence-electron chi connectivity index (χ1n) is 7.43. The molecule has 0 spiro atoms. The average Bonchev–Trinajstić information content (AvgIpc) is 2.50. The zero-order chi connectivity index (χ0) is 14.7. The predicted molar refractivity (Wildman–Crippen MR) is 82.3 cm³/mol. The van der Waals surface area contributed by atoms with E-state index in [-0.39, 0.29) is 17.9 Å². The Labute approximate surface area is 124 Å². The molecule has 2 heterocycles. The van der Waals surface area contributed by atoms with Gasteiger partial charge in [0.2, 0.25) is 0 Å². The van der Waals surface area contributed by atoms with Gasteiger partial charge in [0.05, 0.1) is 5.69 Å². The van der Waals surface area contributed by atoms with Crippen LogP contribution in [0.2, 0.25) is 0 Å². The van der Waals surface area contributed by atoms with Gasteiger partial charge in [-0.2, -0.15) is 0 Å². The molecule has 0 radical (unpaired) electrons. The van der Waals surface area contributed by atoms with Crippen molar-refractivity contribution in [2.75, 3.05) is 6.54 Å². The van der Waals surface area contributed by atoms with Crippen LogP contribution < -0.4 is 11.1 Å². The Morgan fingerprint density at radius 1 is 1.24 bits per heavy atom. The highest BCUT2D eigenvalue weighted by molar-refractivity contribution is 5.59. The van der Waals surface area contributed by atoms with Gasteiger partial charge in [-0.1, -0.05) is 18.2 Å². The van der Waals surface area contributed by atoms with Crippen LogP contribution in [0, 0.1) is 5.82 Å². The van der Waals surface area contributed by atoms with E-state index in [2.05, 4.69) is 10.3 Å². The lowest BCUT2D eigenvalue weighted by Crippen LogP contribution is -2.50. The molecule has 1 aliphatic heterocycles. The number of rotatable bonds is 3. The van der Waals surface area contributed by atoms with Crippen molar-refractivity contribution in [3.63, 3.8) is 0 Å². The van der Waals surface area contributed by atoms with Gasteiger partial charge in [0.15, 0.2) is 0 Å². The third-order valence-electron chi connectivity index (χ3n) is 3.99. The molecule has 1 fully saturated rings. The number of nitrogens with one attached hydrogen (secondary N) is 1. The number of pyridine rings is 1. The molecule has 1 saturated heterocycles. The first-order valence-corrected chi connectivity index (χ1v) is 7.43. The van der Waals surface area contributed by atoms with E-state index >= 15 is 0 Å². The van der Waals surface area contributed by atoms with Gasteiger partial charge in [-0.3, -0.25) is 4.98 Å². The number of nitrogens with zero attached hydrogens (tertiary/aromatic N) is 1. The van der Waals surface area contributed by atoms with E-state index in [1.807, 2.05) is 24.3 Å². The molecule has 0 amide bonds. The second-order valence-corrected chi connectivity index (χ2v) is 5.60. The van der Waals surface area contributed by atoms with Crippen molar-refractivity contribution in [1.82, 2.24) is 10.3 Å². The number of hydrogen-bond acceptors (Lipinski definition) is 3. The van der Waals surface area contributed by atoms with Crippen LogP contribution in [-0.4, -0.2) is 23.6 Å². The summed E-state index contributed by atoms with van der Waals surface area (Å²) in [5, 5.41) is 3.46. The maximum atomic E-state index is 13.3. The summed E-state index contributed by atoms with van der Waals surface area (Å²) >= 11 is 0. The number of halogens is 1. The second kappa shape index (κ2) is 6.33. The van der Waals surface area contributed by atoms with Gasteiger partial charge in [0, 0.05) is 29.8 Å². The largest absolute Gasteiger partial charge is 0.326 e. The van der Waals surface area contributed by atoms with Gasteiger partial charge in [-0.05, 0) is 43.7 Å². The Morgan fingerprint density at radius 3 is 2.90 bits per heavy atom. The molecule has 110 valence electrons. The van der Waals surface area contributed by atoms with Gasteiger partial charge in [0.1, 0.15) is 5.82 Å². The molecule has 4 heteroatoms. The van der Waals surface area contributed by atoms with Crippen LogP contribution in [-0.2, 0) is 6.42 Å². The number of hydrogen-bond donors (Lipinski definition) is 2. The minimum absolute atomic E-state index is 0.179. The first-order chi connectivity index (χ1) is 10.2. The lowest BCUT2D eigenvalue weighted by Gasteiger charge is -2.29. The highest BCUT2D eigenvalue weighted by atomic mass is 19.1. The zero-order valence-corrected chi connectivity index (χ0v) is 11.9. The summed E-state index contributed by atoms with van der Waals surface area (Å²) in [5.41, 5.74) is 8.75. The Bertz CT molecular complexity index is 614. The normalized spacial score (nSPS) is 22.2. The molecule has 1 aromatic carbocycles. The summed E-state index contributed by atoms with van der Waals surface area (Å²) in [6, 6.07) is 12.9. The van der Waals surface area contributed by atoms with Crippen molar-refractivity contribution in [3.05, 3.63) is 54.0 Å². The fourth-order valence-corrected chi connectivity index (χ4v) is 2.83. The Balaban J connectivity index is 1.80. The summed E-state index contributed by atoms with van der Waals surface area (Å²) in [5.74, 6) is -0.240. The summed E-state index contributed by atoms with van der Waals surface area (Å²) in [6.07, 6.45) is 3.00. The van der Waals surface area contributed by atoms with Crippen LogP contribution in [0.3, 0.4) is 0 Å². The van der Waals surface area contributed by atoms with Gasteiger partial charge in [-0.25, -0.2) is 4.39 Å². The summed E-state index contributed by atoms with van der Waals surface area (Å²) < 4.78 is 13.3. The maximum absolute atomic E-state index is 13.3. The average molecular weight is 285 g/mol. The molecule has 2 unspecified atom stereocenters. The van der Waals surface area contributed by atoms with Gasteiger partial charge >= 0.3 is 0 Å². The topological polar surface area (TPSA) is 50.9 Å². The van der Waals surface area contributed by atoms with E-state index in [1.165, 1.54) is 12.1 Å². The Kier molecular flexibility index (Phi) is 4.27. The fourth-order valence-electron chi connectivity index (χ4n) is 2.83. The van der Waals surface area contributed by atoms with Crippen LogP contribution >= 0.6 is 0 Å². The molecule has 0 bridgehead atoms. The fraction of sp³-hybridized carbons (Fsp3) is 0.353. The monoisotopic (exact) mass is 285 g/mol. The highest BCUT2D eigenvalue weighted by Gasteiger charge is 2.21. The molecule has 3 nitrogen and oxygen atoms in total. The van der Waals surface area contributed by atoms with Crippen LogP contribution in [0.15, 0.2) is 42.5 Å². The van der Waals surface area contributed by atoms with Crippen molar-refractivity contribution in [2.24, 2.45) is 5.73 Å². The number of nitrogens with two attached hydrogens (primary N) is 1. The zero-order valence-electron chi connectivity index (χ0n) is 11.9. The van der Waals surface area contributed by atoms with Crippen LogP contribution in [0.5, 0.6) is 0 Å². The maximum Gasteiger partial charge on any atom is 0.123 e. The van der Waals surface area contributed by atoms with E-state index in [1.54, 1.807) is 6.07 Å². The number of aromatic nitrogens is 1. The van der Waals surface area contributed by atoms with E-state index in [9.17, 15) is 4.39 Å². The standard InChI is InChI=1S/C17H20FN3/c18-13-5-1-4-12(10-13)16-8-2-6-14(21-16)11-17-15(19)7-3-9-20-17/h1-2,4-6,8,10,15,17,20H,3,7,9,11,19H2. The van der Waals surface area contributed by atoms with Gasteiger partial charge in [-0.15, -0.1) is 0 Å². The van der Waals surface area contributed by atoms with E-state index in [4.69, 9.17) is 5.73 Å². The van der Waals surface area contributed by atoms with E-state index in [0.29, 0.717) is 0 Å². The molecule has 1 aliphatic rings. The Hall–Kier alpha value is -1.78. The summed E-state index contributed by atoms with van der Waals surface area (Å²) in [7, 11) is 0. The summed E-state index contributed by atoms with van der Waals surface area (Å²) in [6.45, 7) is 1.02. The van der Waals surface area contributed by atoms with Gasteiger partial charge < -0.3 is 11.1 Å². The third kappa shape index (κ3) is 3.46. The molecule has 2 atom stereocenters. The lowest BCUT2D eigenvalue weighted by molar-refractivity contribution is 0.347. The van der Waals surface area contributed by atoms with Crippen molar-refractivity contribution in [2.45, 2.75) is 31.3 Å². The first kappa shape index (κ1) is 14.2. The van der Waals surface area contributed by atoms with Gasteiger partial charge in [0.25, 0.3) is 0 Å². The third-order valence-corrected chi connectivity index (χ3v) is 3.99. The molecule has 2 aromatic rings. The predicted octanol–water partition coefficient (Wildman–Crippen LogP) is 2.51. The van der Waals surface area contributed by atoms with Crippen LogP contribution in [0.25, 0.3) is 11.3 Å². The molecule has 0 aliphatic carbocycles. The van der Waals surface area contributed by atoms with Crippen LogP contribution in [0.4, 0.5) is 4.39 Å². The SMILES string of the molecule is NC1CCCNC1Cc1cccc(-c2cccc(F)c2)n1.